The van der Waals surface area contributed by atoms with E-state index in [2.05, 4.69) is 31.9 Å². The van der Waals surface area contributed by atoms with E-state index in [4.69, 9.17) is 4.74 Å². The summed E-state index contributed by atoms with van der Waals surface area (Å²) in [6.07, 6.45) is 0. The molecule has 0 atom stereocenters. The molecule has 0 saturated carbocycles. The van der Waals surface area contributed by atoms with Gasteiger partial charge >= 0.3 is 0 Å². The molecular weight excluding hydrogens is 398 g/mol. The SMILES string of the molecule is CN(Cc1ccc(Br)cc1)C(=O)COc1ccc(Br)cc1. The van der Waals surface area contributed by atoms with Gasteiger partial charge in [-0.15, -0.1) is 0 Å². The van der Waals surface area contributed by atoms with Crippen LogP contribution in [0, 0.1) is 0 Å². The molecule has 3 nitrogen and oxygen atoms in total. The number of halogens is 2. The maximum absolute atomic E-state index is 12.0. The topological polar surface area (TPSA) is 29.5 Å². The van der Waals surface area contributed by atoms with Gasteiger partial charge < -0.3 is 9.64 Å². The second kappa shape index (κ2) is 7.61. The predicted octanol–water partition coefficient (Wildman–Crippen LogP) is 4.25. The zero-order valence-corrected chi connectivity index (χ0v) is 14.7. The van der Waals surface area contributed by atoms with E-state index in [-0.39, 0.29) is 12.5 Å². The van der Waals surface area contributed by atoms with Crippen molar-refractivity contribution in [2.24, 2.45) is 0 Å². The Morgan fingerprint density at radius 3 is 2.10 bits per heavy atom. The molecule has 0 saturated heterocycles. The van der Waals surface area contributed by atoms with Crippen molar-refractivity contribution in [3.63, 3.8) is 0 Å². The van der Waals surface area contributed by atoms with Crippen molar-refractivity contribution in [1.29, 1.82) is 0 Å². The van der Waals surface area contributed by atoms with Crippen LogP contribution in [0.25, 0.3) is 0 Å². The first-order valence-electron chi connectivity index (χ1n) is 6.41. The van der Waals surface area contributed by atoms with Crippen molar-refractivity contribution < 1.29 is 9.53 Å². The Morgan fingerprint density at radius 2 is 1.52 bits per heavy atom. The summed E-state index contributed by atoms with van der Waals surface area (Å²) < 4.78 is 7.49. The monoisotopic (exact) mass is 411 g/mol. The standard InChI is InChI=1S/C16H15Br2NO2/c1-19(10-12-2-4-13(17)5-3-12)16(20)11-21-15-8-6-14(18)7-9-15/h2-9H,10-11H2,1H3. The van der Waals surface area contributed by atoms with Crippen molar-refractivity contribution in [2.75, 3.05) is 13.7 Å². The lowest BCUT2D eigenvalue weighted by molar-refractivity contribution is -0.132. The first-order chi connectivity index (χ1) is 10.0. The van der Waals surface area contributed by atoms with E-state index < -0.39 is 0 Å². The third kappa shape index (κ3) is 5.17. The molecule has 2 aromatic rings. The Hall–Kier alpha value is -1.33. The summed E-state index contributed by atoms with van der Waals surface area (Å²) in [5.74, 6) is 0.629. The Balaban J connectivity index is 1.84. The Bertz CT molecular complexity index is 597. The normalized spacial score (nSPS) is 10.2. The van der Waals surface area contributed by atoms with Gasteiger partial charge in [0.15, 0.2) is 6.61 Å². The van der Waals surface area contributed by atoms with Gasteiger partial charge in [-0.05, 0) is 42.0 Å². The van der Waals surface area contributed by atoms with Crippen LogP contribution in [-0.4, -0.2) is 24.5 Å². The number of ether oxygens (including phenoxy) is 1. The predicted molar refractivity (Wildman–Crippen MR) is 90.3 cm³/mol. The van der Waals surface area contributed by atoms with E-state index in [1.165, 1.54) is 0 Å². The molecule has 2 aromatic carbocycles. The van der Waals surface area contributed by atoms with E-state index in [0.717, 1.165) is 14.5 Å². The fourth-order valence-electron chi connectivity index (χ4n) is 1.74. The van der Waals surface area contributed by atoms with Gasteiger partial charge in [0.1, 0.15) is 5.75 Å². The molecule has 0 aliphatic carbocycles. The Labute approximate surface area is 141 Å². The molecule has 0 spiro atoms. The highest BCUT2D eigenvalue weighted by molar-refractivity contribution is 9.10. The minimum Gasteiger partial charge on any atom is -0.484 e. The molecule has 0 unspecified atom stereocenters. The average Bonchev–Trinajstić information content (AvgIpc) is 2.48. The first kappa shape index (κ1) is 16.0. The van der Waals surface area contributed by atoms with E-state index in [0.29, 0.717) is 12.3 Å². The highest BCUT2D eigenvalue weighted by Gasteiger charge is 2.10. The molecule has 2 rings (SSSR count). The quantitative estimate of drug-likeness (QED) is 0.734. The molecule has 0 bridgehead atoms. The maximum Gasteiger partial charge on any atom is 0.260 e. The number of likely N-dealkylation sites (N-methyl/N-ethyl adjacent to an activating group) is 1. The van der Waals surface area contributed by atoms with Crippen molar-refractivity contribution in [1.82, 2.24) is 4.90 Å². The number of carbonyl (C=O) groups excluding carboxylic acids is 1. The highest BCUT2D eigenvalue weighted by Crippen LogP contribution is 2.16. The van der Waals surface area contributed by atoms with Gasteiger partial charge in [-0.3, -0.25) is 4.79 Å². The third-order valence-electron chi connectivity index (χ3n) is 2.93. The van der Waals surface area contributed by atoms with Crippen LogP contribution in [0.1, 0.15) is 5.56 Å². The summed E-state index contributed by atoms with van der Waals surface area (Å²) in [5, 5.41) is 0. The molecule has 0 heterocycles. The number of hydrogen-bond acceptors (Lipinski definition) is 2. The maximum atomic E-state index is 12.0. The van der Waals surface area contributed by atoms with Crippen molar-refractivity contribution >= 4 is 37.8 Å². The van der Waals surface area contributed by atoms with E-state index in [1.807, 2.05) is 48.5 Å². The average molecular weight is 413 g/mol. The summed E-state index contributed by atoms with van der Waals surface area (Å²) in [7, 11) is 1.77. The Kier molecular flexibility index (Phi) is 5.82. The molecule has 110 valence electrons. The van der Waals surface area contributed by atoms with Crippen LogP contribution in [0.2, 0.25) is 0 Å². The molecule has 0 aliphatic rings. The van der Waals surface area contributed by atoms with E-state index >= 15 is 0 Å². The molecule has 0 aliphatic heterocycles. The second-order valence-electron chi connectivity index (χ2n) is 4.62. The van der Waals surface area contributed by atoms with E-state index in [9.17, 15) is 4.79 Å². The fourth-order valence-corrected chi connectivity index (χ4v) is 2.27. The first-order valence-corrected chi connectivity index (χ1v) is 8.00. The summed E-state index contributed by atoms with van der Waals surface area (Å²) >= 11 is 6.75. The van der Waals surface area contributed by atoms with Gasteiger partial charge in [0.2, 0.25) is 0 Å². The minimum atomic E-state index is -0.0548. The van der Waals surface area contributed by atoms with Gasteiger partial charge in [0, 0.05) is 22.5 Å². The molecule has 0 fully saturated rings. The van der Waals surface area contributed by atoms with Crippen LogP contribution in [0.5, 0.6) is 5.75 Å². The van der Waals surface area contributed by atoms with Gasteiger partial charge in [-0.1, -0.05) is 44.0 Å². The molecule has 0 radical (unpaired) electrons. The number of amides is 1. The molecule has 1 amide bonds. The van der Waals surface area contributed by atoms with Crippen LogP contribution in [0.15, 0.2) is 57.5 Å². The number of carbonyl (C=O) groups is 1. The lowest BCUT2D eigenvalue weighted by atomic mass is 10.2. The number of benzene rings is 2. The van der Waals surface area contributed by atoms with Crippen molar-refractivity contribution in [2.45, 2.75) is 6.54 Å². The molecular formula is C16H15Br2NO2. The smallest absolute Gasteiger partial charge is 0.260 e. The van der Waals surface area contributed by atoms with Crippen molar-refractivity contribution in [3.8, 4) is 5.75 Å². The zero-order valence-electron chi connectivity index (χ0n) is 11.6. The molecule has 0 aromatic heterocycles. The molecule has 21 heavy (non-hydrogen) atoms. The number of nitrogens with zero attached hydrogens (tertiary/aromatic N) is 1. The lowest BCUT2D eigenvalue weighted by Gasteiger charge is -2.17. The summed E-state index contributed by atoms with van der Waals surface area (Å²) in [6, 6.07) is 15.3. The van der Waals surface area contributed by atoms with Gasteiger partial charge in [0.05, 0.1) is 0 Å². The largest absolute Gasteiger partial charge is 0.484 e. The van der Waals surface area contributed by atoms with Crippen LogP contribution < -0.4 is 4.74 Å². The summed E-state index contributed by atoms with van der Waals surface area (Å²) in [6.45, 7) is 0.602. The number of rotatable bonds is 5. The highest BCUT2D eigenvalue weighted by atomic mass is 79.9. The summed E-state index contributed by atoms with van der Waals surface area (Å²) in [5.41, 5.74) is 1.08. The minimum absolute atomic E-state index is 0.0364. The van der Waals surface area contributed by atoms with Crippen LogP contribution >= 0.6 is 31.9 Å². The van der Waals surface area contributed by atoms with Crippen molar-refractivity contribution in [3.05, 3.63) is 63.0 Å². The molecule has 5 heteroatoms. The third-order valence-corrected chi connectivity index (χ3v) is 3.99. The van der Waals surface area contributed by atoms with E-state index in [1.54, 1.807) is 11.9 Å². The summed E-state index contributed by atoms with van der Waals surface area (Å²) in [4.78, 5) is 13.7. The number of hydrogen-bond donors (Lipinski definition) is 0. The Morgan fingerprint density at radius 1 is 1.00 bits per heavy atom. The van der Waals surface area contributed by atoms with Gasteiger partial charge in [-0.25, -0.2) is 0 Å². The molecule has 0 N–H and O–H groups in total. The van der Waals surface area contributed by atoms with Crippen LogP contribution in [-0.2, 0) is 11.3 Å². The van der Waals surface area contributed by atoms with Crippen LogP contribution in [0.4, 0.5) is 0 Å². The zero-order chi connectivity index (χ0) is 15.2. The second-order valence-corrected chi connectivity index (χ2v) is 6.45. The van der Waals surface area contributed by atoms with Gasteiger partial charge in [0.25, 0.3) is 5.91 Å². The van der Waals surface area contributed by atoms with Crippen LogP contribution in [0.3, 0.4) is 0 Å². The van der Waals surface area contributed by atoms with Gasteiger partial charge in [-0.2, -0.15) is 0 Å². The fraction of sp³-hybridized carbons (Fsp3) is 0.188. The lowest BCUT2D eigenvalue weighted by Crippen LogP contribution is -2.30.